The summed E-state index contributed by atoms with van der Waals surface area (Å²) in [5, 5.41) is 5.19. The second-order valence-electron chi connectivity index (χ2n) is 7.86. The normalized spacial score (nSPS) is 11.2. The summed E-state index contributed by atoms with van der Waals surface area (Å²) < 4.78 is 12.7. The van der Waals surface area contributed by atoms with Crippen LogP contribution in [-0.2, 0) is 24.8 Å². The molecule has 3 aromatic rings. The summed E-state index contributed by atoms with van der Waals surface area (Å²) in [6.07, 6.45) is 0.651. The Balaban J connectivity index is 1.58. The van der Waals surface area contributed by atoms with E-state index in [1.165, 1.54) is 0 Å². The van der Waals surface area contributed by atoms with Gasteiger partial charge in [0, 0.05) is 19.2 Å². The lowest BCUT2D eigenvalue weighted by Crippen LogP contribution is -2.41. The van der Waals surface area contributed by atoms with Gasteiger partial charge in [-0.1, -0.05) is 13.8 Å². The van der Waals surface area contributed by atoms with Crippen molar-refractivity contribution in [2.45, 2.75) is 47.1 Å². The number of carbonyl (C=O) groups excluding carboxylic acids is 2. The maximum absolute atomic E-state index is 12.4. The molecule has 0 spiro atoms. The molecule has 0 saturated heterocycles. The molecule has 0 unspecified atom stereocenters. The summed E-state index contributed by atoms with van der Waals surface area (Å²) in [5.41, 5.74) is 8.38. The first-order valence-electron chi connectivity index (χ1n) is 11.1. The van der Waals surface area contributed by atoms with Crippen LogP contribution in [0.15, 0.2) is 16.5 Å². The Bertz CT molecular complexity index is 1150. The second kappa shape index (κ2) is 10.5. The number of furan rings is 1. The van der Waals surface area contributed by atoms with Crippen LogP contribution in [0.3, 0.4) is 0 Å². The van der Waals surface area contributed by atoms with Gasteiger partial charge in [0.1, 0.15) is 5.76 Å². The number of hydrogen-bond acceptors (Lipinski definition) is 7. The van der Waals surface area contributed by atoms with Crippen molar-refractivity contribution in [2.24, 2.45) is 7.05 Å². The zero-order valence-electron chi connectivity index (χ0n) is 20.1. The van der Waals surface area contributed by atoms with Gasteiger partial charge >= 0.3 is 5.91 Å². The van der Waals surface area contributed by atoms with Gasteiger partial charge in [-0.2, -0.15) is 0 Å². The van der Waals surface area contributed by atoms with Crippen LogP contribution >= 0.6 is 0 Å². The molecular weight excluding hydrogens is 424 g/mol. The van der Waals surface area contributed by atoms with Crippen LogP contribution in [0.5, 0.6) is 5.88 Å². The first-order chi connectivity index (χ1) is 15.8. The van der Waals surface area contributed by atoms with Gasteiger partial charge in [-0.3, -0.25) is 25.3 Å². The Morgan fingerprint density at radius 3 is 2.58 bits per heavy atom. The van der Waals surface area contributed by atoms with Gasteiger partial charge in [-0.05, 0) is 56.6 Å². The first-order valence-corrected chi connectivity index (χ1v) is 11.1. The van der Waals surface area contributed by atoms with E-state index in [-0.39, 0.29) is 18.1 Å². The largest absolute Gasteiger partial charge is 0.479 e. The van der Waals surface area contributed by atoms with Crippen molar-refractivity contribution in [3.63, 3.8) is 0 Å². The van der Waals surface area contributed by atoms with E-state index < -0.39 is 5.91 Å². The van der Waals surface area contributed by atoms with Gasteiger partial charge < -0.3 is 9.15 Å². The Morgan fingerprint density at radius 1 is 1.18 bits per heavy atom. The molecule has 0 saturated carbocycles. The van der Waals surface area contributed by atoms with E-state index in [4.69, 9.17) is 9.15 Å². The number of carbonyl (C=O) groups is 2. The average Bonchev–Trinajstić information content (AvgIpc) is 3.40. The third-order valence-electron chi connectivity index (χ3n) is 5.79. The van der Waals surface area contributed by atoms with Crippen molar-refractivity contribution >= 4 is 22.8 Å². The molecule has 0 aliphatic rings. The van der Waals surface area contributed by atoms with Crippen molar-refractivity contribution in [3.05, 3.63) is 40.5 Å². The molecule has 3 aromatic heterocycles. The molecule has 0 aliphatic heterocycles. The van der Waals surface area contributed by atoms with E-state index in [0.29, 0.717) is 24.6 Å². The fourth-order valence-corrected chi connectivity index (χ4v) is 3.85. The van der Waals surface area contributed by atoms with E-state index in [2.05, 4.69) is 39.7 Å². The number of hydrogen-bond donors (Lipinski definition) is 2. The van der Waals surface area contributed by atoms with Gasteiger partial charge in [0.25, 0.3) is 0 Å². The van der Waals surface area contributed by atoms with Crippen molar-refractivity contribution < 1.29 is 18.7 Å². The number of hydrazine groups is 1. The third kappa shape index (κ3) is 5.33. The molecule has 0 fully saturated rings. The molecular formula is C23H32N6O4. The highest BCUT2D eigenvalue weighted by molar-refractivity contribution is 5.93. The number of aryl methyl sites for hydroxylation is 3. The molecule has 2 amide bonds. The number of methoxy groups -OCH3 is 1. The number of aromatic nitrogens is 3. The monoisotopic (exact) mass is 456 g/mol. The van der Waals surface area contributed by atoms with Crippen LogP contribution in [0.25, 0.3) is 11.0 Å². The minimum absolute atomic E-state index is 0.155. The van der Waals surface area contributed by atoms with Gasteiger partial charge in [0.05, 0.1) is 19.0 Å². The molecule has 3 rings (SSSR count). The molecule has 0 radical (unpaired) electrons. The molecule has 0 aliphatic carbocycles. The van der Waals surface area contributed by atoms with Gasteiger partial charge in [-0.25, -0.2) is 9.67 Å². The zero-order chi connectivity index (χ0) is 24.1. The van der Waals surface area contributed by atoms with Crippen molar-refractivity contribution in [1.82, 2.24) is 30.5 Å². The zero-order valence-corrected chi connectivity index (χ0v) is 20.1. The molecule has 10 heteroatoms. The van der Waals surface area contributed by atoms with Crippen molar-refractivity contribution in [3.8, 4) is 5.88 Å². The lowest BCUT2D eigenvalue weighted by Gasteiger charge is -2.15. The third-order valence-corrected chi connectivity index (χ3v) is 5.79. The minimum Gasteiger partial charge on any atom is -0.479 e. The van der Waals surface area contributed by atoms with Crippen molar-refractivity contribution in [1.29, 1.82) is 0 Å². The fourth-order valence-electron chi connectivity index (χ4n) is 3.85. The van der Waals surface area contributed by atoms with Crippen LogP contribution < -0.4 is 15.6 Å². The fraction of sp³-hybridized carbons (Fsp3) is 0.478. The van der Waals surface area contributed by atoms with E-state index in [0.717, 1.165) is 40.9 Å². The van der Waals surface area contributed by atoms with E-state index >= 15 is 0 Å². The highest BCUT2D eigenvalue weighted by Gasteiger charge is 2.19. The SMILES string of the molecule is CCN(CC)Cc1ccc(C(=O)NNC(=O)CCc2c(C)nc3c(c(OC)nn3C)c2C)o1. The molecule has 0 aromatic carbocycles. The Hall–Kier alpha value is -3.40. The van der Waals surface area contributed by atoms with Gasteiger partial charge in [0.15, 0.2) is 11.4 Å². The number of ether oxygens (including phenoxy) is 1. The Morgan fingerprint density at radius 2 is 1.91 bits per heavy atom. The standard InChI is InChI=1S/C23H32N6O4/c1-7-29(8-2)13-16-9-11-18(33-16)22(31)26-25-19(30)12-10-17-14(3)20-21(24-15(17)4)28(5)27-23(20)32-6/h9,11H,7-8,10,12-13H2,1-6H3,(H,25,30)(H,26,31). The molecule has 33 heavy (non-hydrogen) atoms. The topological polar surface area (TPSA) is 115 Å². The molecule has 2 N–H and O–H groups in total. The van der Waals surface area contributed by atoms with E-state index in [1.54, 1.807) is 23.9 Å². The number of amides is 2. The number of rotatable bonds is 9. The predicted octanol–water partition coefficient (Wildman–Crippen LogP) is 2.42. The molecule has 3 heterocycles. The maximum atomic E-state index is 12.4. The van der Waals surface area contributed by atoms with Crippen molar-refractivity contribution in [2.75, 3.05) is 20.2 Å². The second-order valence-corrected chi connectivity index (χ2v) is 7.86. The Kier molecular flexibility index (Phi) is 7.70. The highest BCUT2D eigenvalue weighted by atomic mass is 16.5. The minimum atomic E-state index is -0.496. The van der Waals surface area contributed by atoms with E-state index in [9.17, 15) is 9.59 Å². The highest BCUT2D eigenvalue weighted by Crippen LogP contribution is 2.30. The number of nitrogens with zero attached hydrogens (tertiary/aromatic N) is 4. The van der Waals surface area contributed by atoms with Crippen LogP contribution in [-0.4, -0.2) is 51.7 Å². The quantitative estimate of drug-likeness (QED) is 0.475. The first kappa shape index (κ1) is 24.2. The molecule has 178 valence electrons. The van der Waals surface area contributed by atoms with Crippen LogP contribution in [0, 0.1) is 13.8 Å². The molecule has 0 atom stereocenters. The Labute approximate surface area is 193 Å². The average molecular weight is 457 g/mol. The number of pyridine rings is 1. The smallest absolute Gasteiger partial charge is 0.305 e. The van der Waals surface area contributed by atoms with Gasteiger partial charge in [0.2, 0.25) is 11.8 Å². The summed E-state index contributed by atoms with van der Waals surface area (Å²) in [5.74, 6) is 0.562. The summed E-state index contributed by atoms with van der Waals surface area (Å²) in [4.78, 5) is 31.5. The number of nitrogens with one attached hydrogen (secondary N) is 2. The number of fused-ring (bicyclic) bond motifs is 1. The summed E-state index contributed by atoms with van der Waals surface area (Å²) in [6, 6.07) is 3.38. The van der Waals surface area contributed by atoms with Crippen LogP contribution in [0.1, 0.15) is 53.4 Å². The summed E-state index contributed by atoms with van der Waals surface area (Å²) >= 11 is 0. The summed E-state index contributed by atoms with van der Waals surface area (Å²) in [6.45, 7) is 10.4. The predicted molar refractivity (Wildman–Crippen MR) is 124 cm³/mol. The molecule has 0 bridgehead atoms. The lowest BCUT2D eigenvalue weighted by atomic mass is 10.00. The maximum Gasteiger partial charge on any atom is 0.305 e. The molecule has 10 nitrogen and oxygen atoms in total. The lowest BCUT2D eigenvalue weighted by molar-refractivity contribution is -0.121. The summed E-state index contributed by atoms with van der Waals surface area (Å²) in [7, 11) is 3.39. The van der Waals surface area contributed by atoms with Crippen LogP contribution in [0.2, 0.25) is 0 Å². The van der Waals surface area contributed by atoms with E-state index in [1.807, 2.05) is 20.9 Å². The van der Waals surface area contributed by atoms with Gasteiger partial charge in [-0.15, -0.1) is 5.10 Å². The van der Waals surface area contributed by atoms with Crippen LogP contribution in [0.4, 0.5) is 0 Å².